The number of pyridine rings is 1. The Bertz CT molecular complexity index is 904. The summed E-state index contributed by atoms with van der Waals surface area (Å²) in [7, 11) is 0. The van der Waals surface area contributed by atoms with E-state index in [0.29, 0.717) is 15.8 Å². The number of rotatable bonds is 4. The molecular weight excluding hydrogens is 346 g/mol. The van der Waals surface area contributed by atoms with Gasteiger partial charge in [-0.25, -0.2) is 0 Å². The Morgan fingerprint density at radius 3 is 2.79 bits per heavy atom. The molecule has 0 fully saturated rings. The normalized spacial score (nSPS) is 11.0. The maximum Gasteiger partial charge on any atom is 0.308 e. The third kappa shape index (κ3) is 3.37. The molecule has 2 heterocycles. The van der Waals surface area contributed by atoms with Crippen LogP contribution in [0.3, 0.4) is 0 Å². The van der Waals surface area contributed by atoms with Gasteiger partial charge in [0.25, 0.3) is 0 Å². The van der Waals surface area contributed by atoms with Gasteiger partial charge in [0.05, 0.1) is 11.1 Å². The molecule has 4 nitrogen and oxygen atoms in total. The SMILES string of the molecule is CC(=O)Oc1ccc(-c2cc(Cl)c3cccnc3c2OC(C)C)s1. The predicted octanol–water partition coefficient (Wildman–Crippen LogP) is 5.33. The first-order valence-corrected chi connectivity index (χ1v) is 8.67. The van der Waals surface area contributed by atoms with E-state index < -0.39 is 0 Å². The van der Waals surface area contributed by atoms with E-state index in [-0.39, 0.29) is 12.1 Å². The molecule has 0 unspecified atom stereocenters. The summed E-state index contributed by atoms with van der Waals surface area (Å²) in [6.07, 6.45) is 1.71. The number of hydrogen-bond donors (Lipinski definition) is 0. The first-order valence-electron chi connectivity index (χ1n) is 7.48. The van der Waals surface area contributed by atoms with Crippen LogP contribution in [0.15, 0.2) is 36.5 Å². The van der Waals surface area contributed by atoms with E-state index in [9.17, 15) is 4.79 Å². The van der Waals surface area contributed by atoms with E-state index in [2.05, 4.69) is 4.98 Å². The monoisotopic (exact) mass is 361 g/mol. The van der Waals surface area contributed by atoms with E-state index in [1.807, 2.05) is 38.1 Å². The molecule has 24 heavy (non-hydrogen) atoms. The lowest BCUT2D eigenvalue weighted by atomic mass is 10.1. The minimum absolute atomic E-state index is 0.0111. The first kappa shape index (κ1) is 16.7. The van der Waals surface area contributed by atoms with Crippen molar-refractivity contribution >= 4 is 39.8 Å². The van der Waals surface area contributed by atoms with Crippen LogP contribution in [0.25, 0.3) is 21.3 Å². The molecule has 0 atom stereocenters. The number of ether oxygens (including phenoxy) is 2. The van der Waals surface area contributed by atoms with Gasteiger partial charge in [0.1, 0.15) is 5.52 Å². The van der Waals surface area contributed by atoms with Crippen molar-refractivity contribution in [3.8, 4) is 21.3 Å². The number of hydrogen-bond acceptors (Lipinski definition) is 5. The number of benzene rings is 1. The molecule has 0 spiro atoms. The summed E-state index contributed by atoms with van der Waals surface area (Å²) in [6, 6.07) is 9.28. The zero-order valence-corrected chi connectivity index (χ0v) is 15.1. The second-order valence-corrected chi connectivity index (χ2v) is 6.97. The van der Waals surface area contributed by atoms with Gasteiger partial charge in [-0.1, -0.05) is 22.9 Å². The van der Waals surface area contributed by atoms with Gasteiger partial charge in [-0.15, -0.1) is 0 Å². The van der Waals surface area contributed by atoms with Crippen LogP contribution >= 0.6 is 22.9 Å². The van der Waals surface area contributed by atoms with Crippen molar-refractivity contribution in [3.63, 3.8) is 0 Å². The van der Waals surface area contributed by atoms with Crippen molar-refractivity contribution in [2.24, 2.45) is 0 Å². The maximum absolute atomic E-state index is 11.1. The highest BCUT2D eigenvalue weighted by atomic mass is 35.5. The summed E-state index contributed by atoms with van der Waals surface area (Å²) in [5.41, 5.74) is 1.56. The summed E-state index contributed by atoms with van der Waals surface area (Å²) in [5, 5.41) is 1.98. The van der Waals surface area contributed by atoms with Gasteiger partial charge in [-0.3, -0.25) is 9.78 Å². The summed E-state index contributed by atoms with van der Waals surface area (Å²) in [4.78, 5) is 16.5. The van der Waals surface area contributed by atoms with Crippen LogP contribution < -0.4 is 9.47 Å². The van der Waals surface area contributed by atoms with Gasteiger partial charge < -0.3 is 9.47 Å². The fraction of sp³-hybridized carbons (Fsp3) is 0.222. The van der Waals surface area contributed by atoms with Crippen LogP contribution in [-0.2, 0) is 4.79 Å². The number of thiophene rings is 1. The molecule has 3 rings (SSSR count). The van der Waals surface area contributed by atoms with Gasteiger partial charge in [0.15, 0.2) is 10.8 Å². The molecule has 2 aromatic heterocycles. The Labute approximate surface area is 149 Å². The van der Waals surface area contributed by atoms with Crippen LogP contribution in [0, 0.1) is 0 Å². The Morgan fingerprint density at radius 2 is 2.08 bits per heavy atom. The average molecular weight is 362 g/mol. The zero-order valence-electron chi connectivity index (χ0n) is 13.5. The molecule has 0 N–H and O–H groups in total. The van der Waals surface area contributed by atoms with Crippen molar-refractivity contribution < 1.29 is 14.3 Å². The van der Waals surface area contributed by atoms with Crippen molar-refractivity contribution in [2.75, 3.05) is 0 Å². The number of fused-ring (bicyclic) bond motifs is 1. The standard InChI is InChI=1S/C18H16ClNO3S/c1-10(2)22-18-13(15-6-7-16(24-15)23-11(3)21)9-14(19)12-5-4-8-20-17(12)18/h4-10H,1-3H3. The molecule has 0 saturated carbocycles. The molecular formula is C18H16ClNO3S. The molecule has 3 aromatic rings. The van der Waals surface area contributed by atoms with Crippen LogP contribution in [0.4, 0.5) is 0 Å². The number of halogens is 1. The van der Waals surface area contributed by atoms with E-state index in [1.54, 1.807) is 12.3 Å². The summed E-state index contributed by atoms with van der Waals surface area (Å²) in [5.74, 6) is 0.335. The van der Waals surface area contributed by atoms with Crippen molar-refractivity contribution in [3.05, 3.63) is 41.6 Å². The van der Waals surface area contributed by atoms with Crippen molar-refractivity contribution in [1.82, 2.24) is 4.98 Å². The Hall–Kier alpha value is -2.11. The minimum Gasteiger partial charge on any atom is -0.488 e. The fourth-order valence-electron chi connectivity index (χ4n) is 2.38. The number of nitrogens with zero attached hydrogens (tertiary/aromatic N) is 1. The van der Waals surface area contributed by atoms with Gasteiger partial charge in [0, 0.05) is 28.9 Å². The highest BCUT2D eigenvalue weighted by Crippen LogP contribution is 2.44. The molecule has 124 valence electrons. The van der Waals surface area contributed by atoms with Gasteiger partial charge in [0.2, 0.25) is 0 Å². The van der Waals surface area contributed by atoms with Crippen LogP contribution in [0.2, 0.25) is 5.02 Å². The fourth-order valence-corrected chi connectivity index (χ4v) is 3.55. The van der Waals surface area contributed by atoms with Crippen LogP contribution in [-0.4, -0.2) is 17.1 Å². The molecule has 6 heteroatoms. The zero-order chi connectivity index (χ0) is 17.3. The highest BCUT2D eigenvalue weighted by molar-refractivity contribution is 7.17. The lowest BCUT2D eigenvalue weighted by Gasteiger charge is -2.16. The van der Waals surface area contributed by atoms with Crippen LogP contribution in [0.5, 0.6) is 10.8 Å². The van der Waals surface area contributed by atoms with E-state index in [0.717, 1.165) is 21.3 Å². The third-order valence-electron chi connectivity index (χ3n) is 3.24. The lowest BCUT2D eigenvalue weighted by molar-refractivity contribution is -0.131. The summed E-state index contributed by atoms with van der Waals surface area (Å²) < 4.78 is 11.2. The molecule has 0 aliphatic carbocycles. The second kappa shape index (κ2) is 6.79. The van der Waals surface area contributed by atoms with E-state index in [4.69, 9.17) is 21.1 Å². The van der Waals surface area contributed by atoms with Gasteiger partial charge in [-0.2, -0.15) is 0 Å². The largest absolute Gasteiger partial charge is 0.488 e. The topological polar surface area (TPSA) is 48.4 Å². The summed E-state index contributed by atoms with van der Waals surface area (Å²) in [6.45, 7) is 5.31. The second-order valence-electron chi connectivity index (χ2n) is 5.51. The molecule has 0 bridgehead atoms. The minimum atomic E-state index is -0.347. The molecule has 0 amide bonds. The smallest absolute Gasteiger partial charge is 0.308 e. The molecule has 0 aliphatic heterocycles. The summed E-state index contributed by atoms with van der Waals surface area (Å²) >= 11 is 7.80. The molecule has 0 radical (unpaired) electrons. The Balaban J connectivity index is 2.19. The Morgan fingerprint density at radius 1 is 1.29 bits per heavy atom. The van der Waals surface area contributed by atoms with Crippen molar-refractivity contribution in [2.45, 2.75) is 26.9 Å². The lowest BCUT2D eigenvalue weighted by Crippen LogP contribution is -2.07. The number of carbonyl (C=O) groups excluding carboxylic acids is 1. The first-order chi connectivity index (χ1) is 11.5. The highest BCUT2D eigenvalue weighted by Gasteiger charge is 2.18. The van der Waals surface area contributed by atoms with Crippen molar-refractivity contribution in [1.29, 1.82) is 0 Å². The third-order valence-corrected chi connectivity index (χ3v) is 4.55. The molecule has 0 saturated heterocycles. The Kier molecular flexibility index (Phi) is 4.73. The maximum atomic E-state index is 11.1. The predicted molar refractivity (Wildman–Crippen MR) is 97.1 cm³/mol. The number of aromatic nitrogens is 1. The average Bonchev–Trinajstić information content (AvgIpc) is 2.97. The molecule has 1 aromatic carbocycles. The van der Waals surface area contributed by atoms with E-state index >= 15 is 0 Å². The van der Waals surface area contributed by atoms with E-state index in [1.165, 1.54) is 18.3 Å². The quantitative estimate of drug-likeness (QED) is 0.589. The molecule has 0 aliphatic rings. The van der Waals surface area contributed by atoms with Gasteiger partial charge >= 0.3 is 5.97 Å². The van der Waals surface area contributed by atoms with Crippen LogP contribution in [0.1, 0.15) is 20.8 Å². The number of esters is 1. The number of carbonyl (C=O) groups is 1. The van der Waals surface area contributed by atoms with Gasteiger partial charge in [-0.05, 0) is 44.2 Å².